The van der Waals surface area contributed by atoms with E-state index >= 15 is 0 Å². The number of rotatable bonds is 7. The lowest BCUT2D eigenvalue weighted by Gasteiger charge is -2.47. The molecule has 9 heteroatoms. The van der Waals surface area contributed by atoms with Gasteiger partial charge in [0.2, 0.25) is 0 Å². The van der Waals surface area contributed by atoms with Crippen LogP contribution in [0.2, 0.25) is 9.36 Å². The minimum absolute atomic E-state index is 0.223. The van der Waals surface area contributed by atoms with E-state index in [1.54, 1.807) is 43.9 Å². The molecule has 0 bridgehead atoms. The highest BCUT2D eigenvalue weighted by Crippen LogP contribution is 2.46. The molecular formula is C24H29Cl2NO5S. The average molecular weight is 514 g/mol. The monoisotopic (exact) mass is 513 g/mol. The molecule has 1 aromatic carbocycles. The molecule has 1 unspecified atom stereocenters. The van der Waals surface area contributed by atoms with Gasteiger partial charge in [0.15, 0.2) is 0 Å². The van der Waals surface area contributed by atoms with Crippen molar-refractivity contribution in [1.29, 1.82) is 0 Å². The first kappa shape index (κ1) is 26.0. The molecule has 2 aromatic rings. The quantitative estimate of drug-likeness (QED) is 0.489. The molecule has 180 valence electrons. The molecule has 1 aromatic heterocycles. The number of aliphatic hydroxyl groups excluding tert-OH is 1. The van der Waals surface area contributed by atoms with Crippen molar-refractivity contribution >= 4 is 46.4 Å². The maximum absolute atomic E-state index is 13.6. The lowest BCUT2D eigenvalue weighted by molar-refractivity contribution is -0.187. The summed E-state index contributed by atoms with van der Waals surface area (Å²) in [5.41, 5.74) is 0.0743. The second-order valence-electron chi connectivity index (χ2n) is 8.97. The highest BCUT2D eigenvalue weighted by Gasteiger charge is 2.47. The van der Waals surface area contributed by atoms with Crippen molar-refractivity contribution in [3.05, 3.63) is 56.2 Å². The third kappa shape index (κ3) is 6.28. The number of hydrogen-bond acceptors (Lipinski definition) is 6. The van der Waals surface area contributed by atoms with Gasteiger partial charge in [-0.15, -0.1) is 11.3 Å². The van der Waals surface area contributed by atoms with Gasteiger partial charge in [-0.25, -0.2) is 0 Å². The summed E-state index contributed by atoms with van der Waals surface area (Å²) in [6.07, 6.45) is -1.39. The fourth-order valence-corrected chi connectivity index (χ4v) is 5.35. The Labute approximate surface area is 208 Å². The maximum atomic E-state index is 13.6. The fraction of sp³-hybridized carbons (Fsp3) is 0.500. The van der Waals surface area contributed by atoms with Crippen LogP contribution in [0.1, 0.15) is 63.1 Å². The predicted molar refractivity (Wildman–Crippen MR) is 130 cm³/mol. The molecule has 2 heterocycles. The molecule has 3 rings (SSSR count). The minimum Gasteiger partial charge on any atom is -0.460 e. The minimum atomic E-state index is -1.06. The summed E-state index contributed by atoms with van der Waals surface area (Å²) in [5.74, 6) is -0.894. The summed E-state index contributed by atoms with van der Waals surface area (Å²) >= 11 is 13.8. The van der Waals surface area contributed by atoms with Crippen LogP contribution < -0.4 is 0 Å². The second-order valence-corrected chi connectivity index (χ2v) is 11.2. The van der Waals surface area contributed by atoms with Crippen LogP contribution in [-0.2, 0) is 19.1 Å². The van der Waals surface area contributed by atoms with Gasteiger partial charge in [-0.1, -0.05) is 42.3 Å². The topological polar surface area (TPSA) is 76.1 Å². The van der Waals surface area contributed by atoms with Crippen molar-refractivity contribution in [2.45, 2.75) is 70.4 Å². The van der Waals surface area contributed by atoms with Crippen molar-refractivity contribution in [3.63, 3.8) is 0 Å². The fourth-order valence-electron chi connectivity index (χ4n) is 3.97. The predicted octanol–water partition coefficient (Wildman–Crippen LogP) is 5.57. The van der Waals surface area contributed by atoms with Crippen molar-refractivity contribution < 1.29 is 24.2 Å². The molecule has 33 heavy (non-hydrogen) atoms. The molecule has 0 saturated carbocycles. The van der Waals surface area contributed by atoms with Gasteiger partial charge in [-0.2, -0.15) is 0 Å². The number of nitrogens with zero attached hydrogens (tertiary/aromatic N) is 1. The van der Waals surface area contributed by atoms with Gasteiger partial charge in [0.1, 0.15) is 17.8 Å². The normalized spacial score (nSPS) is 22.3. The molecule has 6 nitrogen and oxygen atoms in total. The Kier molecular flexibility index (Phi) is 8.45. The number of amides is 1. The molecular weight excluding hydrogens is 485 g/mol. The molecule has 1 saturated heterocycles. The summed E-state index contributed by atoms with van der Waals surface area (Å²) in [6.45, 7) is 6.99. The third-order valence-electron chi connectivity index (χ3n) is 5.34. The number of benzene rings is 1. The number of aliphatic hydroxyl groups is 1. The molecule has 0 radical (unpaired) electrons. The Morgan fingerprint density at radius 1 is 1.27 bits per heavy atom. The van der Waals surface area contributed by atoms with Crippen molar-refractivity contribution in [1.82, 2.24) is 4.90 Å². The van der Waals surface area contributed by atoms with E-state index in [9.17, 15) is 14.7 Å². The second kappa shape index (κ2) is 10.7. The molecule has 1 fully saturated rings. The van der Waals surface area contributed by atoms with Gasteiger partial charge in [-0.3, -0.25) is 9.59 Å². The van der Waals surface area contributed by atoms with Crippen LogP contribution >= 0.6 is 34.5 Å². The number of morpholine rings is 1. The summed E-state index contributed by atoms with van der Waals surface area (Å²) < 4.78 is 12.3. The zero-order valence-electron chi connectivity index (χ0n) is 19.1. The van der Waals surface area contributed by atoms with Gasteiger partial charge in [0.05, 0.1) is 29.4 Å². The lowest BCUT2D eigenvalue weighted by Crippen LogP contribution is -2.56. The van der Waals surface area contributed by atoms with E-state index in [1.165, 1.54) is 11.3 Å². The zero-order valence-corrected chi connectivity index (χ0v) is 21.4. The molecule has 1 aliphatic heterocycles. The SMILES string of the molecule is CCC(CO)N1C(=O)[C@@H](CC(=O)OC(C)(C)C)O[C@H](c2cccc(Cl)c2)[C@H]1c1ccc(Cl)s1. The first-order chi connectivity index (χ1) is 15.5. The third-order valence-corrected chi connectivity index (χ3v) is 6.87. The van der Waals surface area contributed by atoms with Crippen LogP contribution in [0.3, 0.4) is 0 Å². The van der Waals surface area contributed by atoms with E-state index in [-0.39, 0.29) is 18.9 Å². The van der Waals surface area contributed by atoms with Crippen molar-refractivity contribution in [2.24, 2.45) is 0 Å². The molecule has 1 aliphatic rings. The Balaban J connectivity index is 2.07. The van der Waals surface area contributed by atoms with Crippen LogP contribution in [0, 0.1) is 0 Å². The van der Waals surface area contributed by atoms with Crippen molar-refractivity contribution in [2.75, 3.05) is 6.61 Å². The van der Waals surface area contributed by atoms with Gasteiger partial charge < -0.3 is 19.5 Å². The van der Waals surface area contributed by atoms with Gasteiger partial charge in [0, 0.05) is 9.90 Å². The Morgan fingerprint density at radius 2 is 2.00 bits per heavy atom. The summed E-state index contributed by atoms with van der Waals surface area (Å²) in [4.78, 5) is 28.7. The average Bonchev–Trinajstić information content (AvgIpc) is 3.15. The van der Waals surface area contributed by atoms with Crippen molar-refractivity contribution in [3.8, 4) is 0 Å². The molecule has 1 N–H and O–H groups in total. The van der Waals surface area contributed by atoms with Crippen LogP contribution in [0.15, 0.2) is 36.4 Å². The number of hydrogen-bond donors (Lipinski definition) is 1. The van der Waals surface area contributed by atoms with E-state index in [4.69, 9.17) is 32.7 Å². The van der Waals surface area contributed by atoms with Gasteiger partial charge in [-0.05, 0) is 57.0 Å². The zero-order chi connectivity index (χ0) is 24.3. The Morgan fingerprint density at radius 3 is 2.55 bits per heavy atom. The van der Waals surface area contributed by atoms with E-state index < -0.39 is 35.9 Å². The highest BCUT2D eigenvalue weighted by molar-refractivity contribution is 7.16. The number of halogens is 2. The van der Waals surface area contributed by atoms with E-state index in [0.29, 0.717) is 15.8 Å². The smallest absolute Gasteiger partial charge is 0.309 e. The summed E-state index contributed by atoms with van der Waals surface area (Å²) in [7, 11) is 0. The maximum Gasteiger partial charge on any atom is 0.309 e. The first-order valence-electron chi connectivity index (χ1n) is 10.8. The number of esters is 1. The molecule has 4 atom stereocenters. The molecule has 0 aliphatic carbocycles. The summed E-state index contributed by atoms with van der Waals surface area (Å²) in [6, 6.07) is 9.85. The lowest BCUT2D eigenvalue weighted by atomic mass is 9.93. The Bertz CT molecular complexity index is 985. The van der Waals surface area contributed by atoms with Gasteiger partial charge in [0.25, 0.3) is 5.91 Å². The van der Waals surface area contributed by atoms with E-state index in [2.05, 4.69) is 0 Å². The number of thiophene rings is 1. The van der Waals surface area contributed by atoms with E-state index in [1.807, 2.05) is 25.1 Å². The highest BCUT2D eigenvalue weighted by atomic mass is 35.5. The van der Waals surface area contributed by atoms with Crippen LogP contribution in [-0.4, -0.2) is 46.2 Å². The standard InChI is InChI=1S/C24H29Cl2NO5S/c1-5-16(13-28)27-21(18-9-10-19(26)33-18)22(14-7-6-8-15(25)11-14)31-17(23(27)30)12-20(29)32-24(2,3)4/h6-11,16-17,21-22,28H,5,12-13H2,1-4H3/t16?,17-,21-,22-/m1/s1. The Hall–Kier alpha value is -1.64. The van der Waals surface area contributed by atoms with Crippen LogP contribution in [0.5, 0.6) is 0 Å². The number of carbonyl (C=O) groups excluding carboxylic acids is 2. The van der Waals surface area contributed by atoms with Crippen LogP contribution in [0.4, 0.5) is 0 Å². The van der Waals surface area contributed by atoms with Crippen LogP contribution in [0.25, 0.3) is 0 Å². The number of ether oxygens (including phenoxy) is 2. The first-order valence-corrected chi connectivity index (χ1v) is 12.4. The summed E-state index contributed by atoms with van der Waals surface area (Å²) in [5, 5.41) is 10.6. The molecule has 0 spiro atoms. The van der Waals surface area contributed by atoms with Gasteiger partial charge >= 0.3 is 5.97 Å². The number of carbonyl (C=O) groups is 2. The molecule has 1 amide bonds. The largest absolute Gasteiger partial charge is 0.460 e. The van der Waals surface area contributed by atoms with E-state index in [0.717, 1.165) is 10.4 Å².